The fourth-order valence-corrected chi connectivity index (χ4v) is 4.89. The van der Waals surface area contributed by atoms with E-state index in [0.29, 0.717) is 17.1 Å². The standard InChI is InChI=1S/C22H26N10O/c1-29-10-12-30(13-11-29)16-8-6-15(7-9-16)24-22-23-14-18-19(25-22)31(17-4-2-3-5-17)21(33)20-26-27-28-32(18)20/h6-9,14,17H,2-5,10-13H2,1H3,(H,23,24,25). The van der Waals surface area contributed by atoms with Crippen molar-refractivity contribution in [2.75, 3.05) is 43.4 Å². The highest BCUT2D eigenvalue weighted by atomic mass is 16.1. The van der Waals surface area contributed by atoms with E-state index in [1.165, 1.54) is 10.2 Å². The molecule has 170 valence electrons. The lowest BCUT2D eigenvalue weighted by molar-refractivity contribution is 0.313. The number of benzene rings is 1. The van der Waals surface area contributed by atoms with E-state index in [4.69, 9.17) is 4.98 Å². The molecule has 0 atom stereocenters. The van der Waals surface area contributed by atoms with Crippen LogP contribution in [0.2, 0.25) is 0 Å². The van der Waals surface area contributed by atoms with Crippen LogP contribution >= 0.6 is 0 Å². The predicted molar refractivity (Wildman–Crippen MR) is 125 cm³/mol. The van der Waals surface area contributed by atoms with Crippen molar-refractivity contribution in [2.24, 2.45) is 0 Å². The van der Waals surface area contributed by atoms with Gasteiger partial charge in [0.05, 0.1) is 6.20 Å². The first-order chi connectivity index (χ1) is 16.2. The molecule has 2 fully saturated rings. The molecule has 0 spiro atoms. The first kappa shape index (κ1) is 20.0. The predicted octanol–water partition coefficient (Wildman–Crippen LogP) is 1.84. The van der Waals surface area contributed by atoms with E-state index in [0.717, 1.165) is 57.5 Å². The van der Waals surface area contributed by atoms with Crippen molar-refractivity contribution in [1.29, 1.82) is 0 Å². The summed E-state index contributed by atoms with van der Waals surface area (Å²) in [5.74, 6) is 0.438. The Hall–Kier alpha value is -3.60. The molecule has 11 heteroatoms. The highest BCUT2D eigenvalue weighted by Gasteiger charge is 2.24. The maximum atomic E-state index is 13.2. The zero-order valence-corrected chi connectivity index (χ0v) is 18.6. The van der Waals surface area contributed by atoms with Crippen molar-refractivity contribution in [3.8, 4) is 0 Å². The summed E-state index contributed by atoms with van der Waals surface area (Å²) in [4.78, 5) is 27.1. The molecule has 2 aliphatic rings. The Morgan fingerprint density at radius 3 is 2.52 bits per heavy atom. The van der Waals surface area contributed by atoms with Crippen LogP contribution in [-0.4, -0.2) is 72.7 Å². The molecule has 1 saturated heterocycles. The van der Waals surface area contributed by atoms with Gasteiger partial charge in [0.1, 0.15) is 5.52 Å². The zero-order valence-electron chi connectivity index (χ0n) is 18.6. The normalized spacial score (nSPS) is 17.9. The third-order valence-corrected chi connectivity index (χ3v) is 6.77. The number of rotatable bonds is 4. The zero-order chi connectivity index (χ0) is 22.4. The number of likely N-dealkylation sites (N-methyl/N-ethyl adjacent to an activating group) is 1. The molecule has 4 heterocycles. The molecule has 0 radical (unpaired) electrons. The van der Waals surface area contributed by atoms with E-state index < -0.39 is 0 Å². The molecule has 33 heavy (non-hydrogen) atoms. The van der Waals surface area contributed by atoms with Gasteiger partial charge in [0.2, 0.25) is 11.6 Å². The van der Waals surface area contributed by atoms with E-state index in [1.54, 1.807) is 10.8 Å². The minimum atomic E-state index is -0.208. The van der Waals surface area contributed by atoms with Crippen molar-refractivity contribution in [3.05, 3.63) is 40.8 Å². The molecule has 4 aromatic rings. The van der Waals surface area contributed by atoms with Gasteiger partial charge in [-0.15, -0.1) is 5.10 Å². The average molecular weight is 447 g/mol. The lowest BCUT2D eigenvalue weighted by Gasteiger charge is -2.34. The fraction of sp³-hybridized carbons (Fsp3) is 0.455. The molecule has 1 saturated carbocycles. The maximum Gasteiger partial charge on any atom is 0.299 e. The number of aromatic nitrogens is 7. The summed E-state index contributed by atoms with van der Waals surface area (Å²) in [6.07, 6.45) is 5.78. The van der Waals surface area contributed by atoms with Crippen LogP contribution in [0.4, 0.5) is 17.3 Å². The summed E-state index contributed by atoms with van der Waals surface area (Å²) >= 11 is 0. The van der Waals surface area contributed by atoms with Crippen molar-refractivity contribution >= 4 is 34.1 Å². The Morgan fingerprint density at radius 1 is 1.00 bits per heavy atom. The van der Waals surface area contributed by atoms with E-state index in [1.807, 2.05) is 12.1 Å². The van der Waals surface area contributed by atoms with Crippen molar-refractivity contribution in [1.82, 2.24) is 39.5 Å². The molecule has 1 aliphatic heterocycles. The van der Waals surface area contributed by atoms with Crippen LogP contribution in [0.5, 0.6) is 0 Å². The Labute approximate surface area is 190 Å². The van der Waals surface area contributed by atoms with Crippen LogP contribution in [0, 0.1) is 0 Å². The number of hydrogen-bond donors (Lipinski definition) is 1. The molecule has 0 amide bonds. The lowest BCUT2D eigenvalue weighted by atomic mass is 10.2. The third-order valence-electron chi connectivity index (χ3n) is 6.77. The van der Waals surface area contributed by atoms with Crippen LogP contribution < -0.4 is 15.8 Å². The number of nitrogens with one attached hydrogen (secondary N) is 1. The van der Waals surface area contributed by atoms with Gasteiger partial charge < -0.3 is 15.1 Å². The largest absolute Gasteiger partial charge is 0.369 e. The molecule has 11 nitrogen and oxygen atoms in total. The van der Waals surface area contributed by atoms with Gasteiger partial charge in [-0.3, -0.25) is 9.36 Å². The van der Waals surface area contributed by atoms with Gasteiger partial charge >= 0.3 is 0 Å². The van der Waals surface area contributed by atoms with Crippen LogP contribution in [0.3, 0.4) is 0 Å². The highest BCUT2D eigenvalue weighted by molar-refractivity contribution is 5.74. The number of piperazine rings is 1. The molecule has 6 rings (SSSR count). The number of nitrogens with zero attached hydrogens (tertiary/aromatic N) is 9. The molecular weight excluding hydrogens is 420 g/mol. The van der Waals surface area contributed by atoms with Gasteiger partial charge in [-0.05, 0) is 54.6 Å². The van der Waals surface area contributed by atoms with Crippen molar-refractivity contribution < 1.29 is 0 Å². The minimum Gasteiger partial charge on any atom is -0.369 e. The van der Waals surface area contributed by atoms with E-state index in [9.17, 15) is 4.79 Å². The number of anilines is 3. The van der Waals surface area contributed by atoms with Crippen molar-refractivity contribution in [3.63, 3.8) is 0 Å². The highest BCUT2D eigenvalue weighted by Crippen LogP contribution is 2.30. The monoisotopic (exact) mass is 446 g/mol. The Balaban J connectivity index is 1.33. The molecular formula is C22H26N10O. The summed E-state index contributed by atoms with van der Waals surface area (Å²) in [6.45, 7) is 4.20. The van der Waals surface area contributed by atoms with Gasteiger partial charge in [-0.2, -0.15) is 9.50 Å². The Kier molecular flexibility index (Phi) is 4.90. The summed E-state index contributed by atoms with van der Waals surface area (Å²) in [6, 6.07) is 8.42. The molecule has 3 aromatic heterocycles. The molecule has 1 aromatic carbocycles. The van der Waals surface area contributed by atoms with Gasteiger partial charge in [0.25, 0.3) is 5.56 Å². The second-order valence-corrected chi connectivity index (χ2v) is 8.89. The number of tetrazole rings is 1. The quantitative estimate of drug-likeness (QED) is 0.502. The first-order valence-electron chi connectivity index (χ1n) is 11.5. The summed E-state index contributed by atoms with van der Waals surface area (Å²) in [5.41, 5.74) is 3.28. The fourth-order valence-electron chi connectivity index (χ4n) is 4.89. The first-order valence-corrected chi connectivity index (χ1v) is 11.5. The van der Waals surface area contributed by atoms with E-state index in [-0.39, 0.29) is 17.2 Å². The van der Waals surface area contributed by atoms with E-state index in [2.05, 4.69) is 54.8 Å². The molecule has 1 N–H and O–H groups in total. The number of hydrogen-bond acceptors (Lipinski definition) is 9. The average Bonchev–Trinajstić information content (AvgIpc) is 3.53. The Morgan fingerprint density at radius 2 is 1.76 bits per heavy atom. The summed E-state index contributed by atoms with van der Waals surface area (Å²) < 4.78 is 3.19. The maximum absolute atomic E-state index is 13.2. The van der Waals surface area contributed by atoms with Crippen LogP contribution in [0.25, 0.3) is 16.8 Å². The lowest BCUT2D eigenvalue weighted by Crippen LogP contribution is -2.44. The SMILES string of the molecule is CN1CCN(c2ccc(Nc3ncc4c(n3)n(C3CCCC3)c(=O)c3nnnn34)cc2)CC1. The van der Waals surface area contributed by atoms with Crippen molar-refractivity contribution in [2.45, 2.75) is 31.7 Å². The minimum absolute atomic E-state index is 0.104. The third kappa shape index (κ3) is 3.58. The molecule has 1 aliphatic carbocycles. The second kappa shape index (κ2) is 8.07. The van der Waals surface area contributed by atoms with Gasteiger partial charge in [0.15, 0.2) is 5.65 Å². The topological polar surface area (TPSA) is 109 Å². The second-order valence-electron chi connectivity index (χ2n) is 8.89. The van der Waals surface area contributed by atoms with Gasteiger partial charge in [-0.25, -0.2) is 4.98 Å². The van der Waals surface area contributed by atoms with Crippen LogP contribution in [0.15, 0.2) is 35.3 Å². The van der Waals surface area contributed by atoms with Gasteiger partial charge in [0, 0.05) is 43.6 Å². The van der Waals surface area contributed by atoms with Gasteiger partial charge in [-0.1, -0.05) is 12.8 Å². The van der Waals surface area contributed by atoms with Crippen LogP contribution in [0.1, 0.15) is 31.7 Å². The smallest absolute Gasteiger partial charge is 0.299 e. The van der Waals surface area contributed by atoms with Crippen LogP contribution in [-0.2, 0) is 0 Å². The summed E-state index contributed by atoms with van der Waals surface area (Å²) in [7, 11) is 2.16. The molecule has 0 bridgehead atoms. The Bertz CT molecular complexity index is 1350. The molecule has 0 unspecified atom stereocenters. The van der Waals surface area contributed by atoms with E-state index >= 15 is 0 Å². The summed E-state index contributed by atoms with van der Waals surface area (Å²) in [5, 5.41) is 14.9. The number of fused-ring (bicyclic) bond motifs is 3.